The molecule has 2 aromatic carbocycles. The molecule has 0 aliphatic carbocycles. The number of aromatic nitrogens is 2. The summed E-state index contributed by atoms with van der Waals surface area (Å²) in [5.41, 5.74) is 7.56. The van der Waals surface area contributed by atoms with E-state index in [4.69, 9.17) is 5.73 Å². The van der Waals surface area contributed by atoms with Gasteiger partial charge in [-0.1, -0.05) is 6.07 Å². The molecular formula is C14H12N4O2. The number of carbonyl (C=O) groups excluding carboxylic acids is 1. The Morgan fingerprint density at radius 1 is 1.30 bits per heavy atom. The lowest BCUT2D eigenvalue weighted by Gasteiger charge is -2.07. The van der Waals surface area contributed by atoms with E-state index in [9.17, 15) is 9.90 Å². The van der Waals surface area contributed by atoms with E-state index in [1.807, 2.05) is 12.1 Å². The van der Waals surface area contributed by atoms with Crippen molar-refractivity contribution in [3.8, 4) is 5.75 Å². The van der Waals surface area contributed by atoms with Crippen LogP contribution in [0.1, 0.15) is 10.4 Å². The lowest BCUT2D eigenvalue weighted by atomic mass is 10.1. The molecule has 1 amide bonds. The molecule has 6 nitrogen and oxygen atoms in total. The molecular weight excluding hydrogens is 256 g/mol. The van der Waals surface area contributed by atoms with Crippen molar-refractivity contribution in [2.45, 2.75) is 0 Å². The second-order valence-electron chi connectivity index (χ2n) is 4.36. The first-order chi connectivity index (χ1) is 9.65. The van der Waals surface area contributed by atoms with E-state index in [1.54, 1.807) is 18.3 Å². The van der Waals surface area contributed by atoms with Crippen LogP contribution in [-0.2, 0) is 0 Å². The van der Waals surface area contributed by atoms with Crippen LogP contribution in [0.25, 0.3) is 10.9 Å². The summed E-state index contributed by atoms with van der Waals surface area (Å²) in [7, 11) is 0. The molecule has 0 bridgehead atoms. The van der Waals surface area contributed by atoms with Crippen molar-refractivity contribution in [3.63, 3.8) is 0 Å². The summed E-state index contributed by atoms with van der Waals surface area (Å²) in [5, 5.41) is 19.9. The number of rotatable bonds is 2. The Hall–Kier alpha value is -3.02. The third kappa shape index (κ3) is 2.03. The number of fused-ring (bicyclic) bond motifs is 1. The first-order valence-electron chi connectivity index (χ1n) is 5.97. The second kappa shape index (κ2) is 4.58. The number of amides is 1. The third-order valence-electron chi connectivity index (χ3n) is 3.03. The Morgan fingerprint density at radius 2 is 2.15 bits per heavy atom. The van der Waals surface area contributed by atoms with Crippen LogP contribution in [0, 0.1) is 0 Å². The minimum Gasteiger partial charge on any atom is -0.506 e. The number of carbonyl (C=O) groups is 1. The van der Waals surface area contributed by atoms with Crippen LogP contribution in [0.5, 0.6) is 5.75 Å². The van der Waals surface area contributed by atoms with Crippen molar-refractivity contribution < 1.29 is 9.90 Å². The standard InChI is InChI=1S/C14H12N4O2/c15-10-5-4-8(6-13(10)19)14(20)17-11-2-1-3-12-9(11)7-16-18-12/h1-7,19H,15H2,(H,16,18)(H,17,20). The fourth-order valence-corrected chi connectivity index (χ4v) is 1.96. The minimum atomic E-state index is -0.325. The molecule has 100 valence electrons. The number of aromatic amines is 1. The highest BCUT2D eigenvalue weighted by molar-refractivity contribution is 6.08. The Bertz CT molecular complexity index is 795. The van der Waals surface area contributed by atoms with Crippen LogP contribution < -0.4 is 11.1 Å². The molecule has 0 atom stereocenters. The minimum absolute atomic E-state index is 0.112. The summed E-state index contributed by atoms with van der Waals surface area (Å²) in [4.78, 5) is 12.1. The molecule has 20 heavy (non-hydrogen) atoms. The first kappa shape index (κ1) is 12.0. The van der Waals surface area contributed by atoms with Crippen LogP contribution in [0.15, 0.2) is 42.6 Å². The maximum atomic E-state index is 12.1. The Morgan fingerprint density at radius 3 is 2.95 bits per heavy atom. The van der Waals surface area contributed by atoms with Gasteiger partial charge in [-0.2, -0.15) is 5.10 Å². The molecule has 0 unspecified atom stereocenters. The maximum Gasteiger partial charge on any atom is 0.255 e. The number of H-pyrrole nitrogens is 1. The highest BCUT2D eigenvalue weighted by atomic mass is 16.3. The van der Waals surface area contributed by atoms with Gasteiger partial charge in [-0.05, 0) is 30.3 Å². The summed E-state index contributed by atoms with van der Waals surface area (Å²) in [5.74, 6) is -0.437. The number of nitrogens with one attached hydrogen (secondary N) is 2. The van der Waals surface area contributed by atoms with Gasteiger partial charge in [-0.25, -0.2) is 0 Å². The first-order valence-corrected chi connectivity index (χ1v) is 5.97. The highest BCUT2D eigenvalue weighted by Crippen LogP contribution is 2.24. The Balaban J connectivity index is 1.92. The van der Waals surface area contributed by atoms with Gasteiger partial charge in [0, 0.05) is 10.9 Å². The van der Waals surface area contributed by atoms with Crippen molar-refractivity contribution in [1.29, 1.82) is 0 Å². The maximum absolute atomic E-state index is 12.1. The number of nitrogens with two attached hydrogens (primary N) is 1. The van der Waals surface area contributed by atoms with Gasteiger partial charge in [0.25, 0.3) is 5.91 Å². The largest absolute Gasteiger partial charge is 0.506 e. The molecule has 6 heteroatoms. The third-order valence-corrected chi connectivity index (χ3v) is 3.03. The molecule has 3 aromatic rings. The van der Waals surface area contributed by atoms with Crippen LogP contribution >= 0.6 is 0 Å². The molecule has 1 aromatic heterocycles. The zero-order valence-electron chi connectivity index (χ0n) is 10.4. The van der Waals surface area contributed by atoms with E-state index in [0.29, 0.717) is 11.3 Å². The van der Waals surface area contributed by atoms with Gasteiger partial charge in [0.1, 0.15) is 5.75 Å². The summed E-state index contributed by atoms with van der Waals surface area (Å²) < 4.78 is 0. The smallest absolute Gasteiger partial charge is 0.255 e. The number of phenols is 1. The second-order valence-corrected chi connectivity index (χ2v) is 4.36. The lowest BCUT2D eigenvalue weighted by molar-refractivity contribution is 0.102. The lowest BCUT2D eigenvalue weighted by Crippen LogP contribution is -2.12. The summed E-state index contributed by atoms with van der Waals surface area (Å²) in [6.45, 7) is 0. The van der Waals surface area contributed by atoms with E-state index in [2.05, 4.69) is 15.5 Å². The van der Waals surface area contributed by atoms with Gasteiger partial charge in [0.2, 0.25) is 0 Å². The van der Waals surface area contributed by atoms with Crippen LogP contribution in [-0.4, -0.2) is 21.2 Å². The Kier molecular flexibility index (Phi) is 2.76. The zero-order valence-corrected chi connectivity index (χ0v) is 10.4. The van der Waals surface area contributed by atoms with Gasteiger partial charge < -0.3 is 16.2 Å². The van der Waals surface area contributed by atoms with Gasteiger partial charge in [0.05, 0.1) is 23.1 Å². The van der Waals surface area contributed by atoms with Crippen molar-refractivity contribution in [3.05, 3.63) is 48.2 Å². The molecule has 0 aliphatic rings. The van der Waals surface area contributed by atoms with Crippen molar-refractivity contribution >= 4 is 28.2 Å². The SMILES string of the molecule is Nc1ccc(C(=O)Nc2cccc3[nH]ncc23)cc1O. The van der Waals surface area contributed by atoms with Crippen LogP contribution in [0.4, 0.5) is 11.4 Å². The topological polar surface area (TPSA) is 104 Å². The monoisotopic (exact) mass is 268 g/mol. The van der Waals surface area contributed by atoms with Gasteiger partial charge in [-0.15, -0.1) is 0 Å². The number of hydrogen-bond acceptors (Lipinski definition) is 4. The van der Waals surface area contributed by atoms with Crippen molar-refractivity contribution in [1.82, 2.24) is 10.2 Å². The van der Waals surface area contributed by atoms with E-state index in [-0.39, 0.29) is 17.3 Å². The normalized spacial score (nSPS) is 10.6. The van der Waals surface area contributed by atoms with E-state index >= 15 is 0 Å². The van der Waals surface area contributed by atoms with Gasteiger partial charge >= 0.3 is 0 Å². The number of nitrogens with zero attached hydrogens (tertiary/aromatic N) is 1. The average molecular weight is 268 g/mol. The molecule has 0 spiro atoms. The zero-order chi connectivity index (χ0) is 14.1. The van der Waals surface area contributed by atoms with Crippen LogP contribution in [0.2, 0.25) is 0 Å². The van der Waals surface area contributed by atoms with Gasteiger partial charge in [0.15, 0.2) is 0 Å². The molecule has 0 radical (unpaired) electrons. The van der Waals surface area contributed by atoms with E-state index in [0.717, 1.165) is 10.9 Å². The summed E-state index contributed by atoms with van der Waals surface area (Å²) in [6.07, 6.45) is 1.64. The highest BCUT2D eigenvalue weighted by Gasteiger charge is 2.10. The molecule has 1 heterocycles. The number of anilines is 2. The fraction of sp³-hybridized carbons (Fsp3) is 0. The fourth-order valence-electron chi connectivity index (χ4n) is 1.96. The molecule has 0 saturated heterocycles. The van der Waals surface area contributed by atoms with Crippen molar-refractivity contribution in [2.75, 3.05) is 11.1 Å². The number of hydrogen-bond donors (Lipinski definition) is 4. The number of benzene rings is 2. The molecule has 0 aliphatic heterocycles. The average Bonchev–Trinajstić information content (AvgIpc) is 2.91. The van der Waals surface area contributed by atoms with Gasteiger partial charge in [-0.3, -0.25) is 9.89 Å². The quantitative estimate of drug-likeness (QED) is 0.422. The number of aromatic hydroxyl groups is 1. The summed E-state index contributed by atoms with van der Waals surface area (Å²) >= 11 is 0. The summed E-state index contributed by atoms with van der Waals surface area (Å²) in [6, 6.07) is 9.85. The van der Waals surface area contributed by atoms with Crippen molar-refractivity contribution in [2.24, 2.45) is 0 Å². The molecule has 0 saturated carbocycles. The predicted octanol–water partition coefficient (Wildman–Crippen LogP) is 2.10. The predicted molar refractivity (Wildman–Crippen MR) is 76.6 cm³/mol. The molecule has 5 N–H and O–H groups in total. The number of nitrogen functional groups attached to an aromatic ring is 1. The number of phenolic OH excluding ortho intramolecular Hbond substituents is 1. The molecule has 0 fully saturated rings. The van der Waals surface area contributed by atoms with E-state index < -0.39 is 0 Å². The van der Waals surface area contributed by atoms with Crippen LogP contribution in [0.3, 0.4) is 0 Å². The molecule has 3 rings (SSSR count). The van der Waals surface area contributed by atoms with E-state index in [1.165, 1.54) is 12.1 Å². The Labute approximate surface area is 114 Å².